The third-order valence-electron chi connectivity index (χ3n) is 7.55. The van der Waals surface area contributed by atoms with Crippen LogP contribution in [0.4, 0.5) is 8.78 Å². The molecule has 0 aromatic carbocycles. The van der Waals surface area contributed by atoms with Gasteiger partial charge in [0.05, 0.1) is 0 Å². The minimum atomic E-state index is -0.731. The van der Waals surface area contributed by atoms with E-state index in [1.165, 1.54) is 82.8 Å². The second kappa shape index (κ2) is 23.2. The Morgan fingerprint density at radius 2 is 0.895 bits per heavy atom. The zero-order valence-electron chi connectivity index (χ0n) is 24.4. The van der Waals surface area contributed by atoms with E-state index in [0.717, 1.165) is 38.5 Å². The Kier molecular flexibility index (Phi) is 20.9. The predicted molar refractivity (Wildman–Crippen MR) is 155 cm³/mol. The maximum atomic E-state index is 14.2. The van der Waals surface area contributed by atoms with Crippen molar-refractivity contribution in [2.24, 2.45) is 0 Å². The minimum Gasteiger partial charge on any atom is -0.347 e. The SMILES string of the molecule is CCCCCCCCCCC=C(F)C(=O)NC1CCC(NC(=O)C(F)=CCCCCCCCCCCC)C1. The van der Waals surface area contributed by atoms with Crippen molar-refractivity contribution in [3.63, 3.8) is 0 Å². The number of hydrogen-bond donors (Lipinski definition) is 2. The molecule has 0 aromatic heterocycles. The zero-order valence-corrected chi connectivity index (χ0v) is 24.4. The summed E-state index contributed by atoms with van der Waals surface area (Å²) in [5.74, 6) is -2.83. The van der Waals surface area contributed by atoms with Crippen molar-refractivity contribution >= 4 is 11.8 Å². The molecule has 0 saturated heterocycles. The van der Waals surface area contributed by atoms with Crippen LogP contribution in [0.3, 0.4) is 0 Å². The quantitative estimate of drug-likeness (QED) is 0.101. The topological polar surface area (TPSA) is 58.2 Å². The molecule has 0 heterocycles. The molecular formula is C32H56F2N2O2. The van der Waals surface area contributed by atoms with E-state index in [0.29, 0.717) is 32.1 Å². The highest BCUT2D eigenvalue weighted by Crippen LogP contribution is 2.21. The number of carbonyl (C=O) groups excluding carboxylic acids is 2. The van der Waals surface area contributed by atoms with Crippen LogP contribution in [-0.2, 0) is 9.59 Å². The Morgan fingerprint density at radius 1 is 0.579 bits per heavy atom. The molecule has 0 bridgehead atoms. The highest BCUT2D eigenvalue weighted by atomic mass is 19.1. The Balaban J connectivity index is 2.15. The molecule has 1 fully saturated rings. The van der Waals surface area contributed by atoms with Crippen LogP contribution in [0.1, 0.15) is 155 Å². The molecule has 220 valence electrons. The lowest BCUT2D eigenvalue weighted by atomic mass is 10.1. The molecule has 0 radical (unpaired) electrons. The molecule has 1 saturated carbocycles. The van der Waals surface area contributed by atoms with Crippen molar-refractivity contribution in [1.29, 1.82) is 0 Å². The molecule has 0 aromatic rings. The van der Waals surface area contributed by atoms with Crippen LogP contribution in [0, 0.1) is 0 Å². The van der Waals surface area contributed by atoms with Gasteiger partial charge < -0.3 is 10.6 Å². The van der Waals surface area contributed by atoms with E-state index in [1.54, 1.807) is 0 Å². The highest BCUT2D eigenvalue weighted by molar-refractivity contribution is 5.92. The first kappa shape index (κ1) is 34.3. The molecule has 2 atom stereocenters. The normalized spacial score (nSPS) is 18.1. The summed E-state index contributed by atoms with van der Waals surface area (Å²) in [7, 11) is 0. The number of carbonyl (C=O) groups is 2. The summed E-state index contributed by atoms with van der Waals surface area (Å²) in [5.41, 5.74) is 0. The van der Waals surface area contributed by atoms with Gasteiger partial charge in [-0.15, -0.1) is 0 Å². The van der Waals surface area contributed by atoms with E-state index in [4.69, 9.17) is 0 Å². The van der Waals surface area contributed by atoms with Crippen molar-refractivity contribution in [3.8, 4) is 0 Å². The summed E-state index contributed by atoms with van der Waals surface area (Å²) in [5, 5.41) is 5.45. The van der Waals surface area contributed by atoms with E-state index >= 15 is 0 Å². The first-order chi connectivity index (χ1) is 18.5. The second-order valence-corrected chi connectivity index (χ2v) is 11.1. The number of rotatable bonds is 23. The molecular weight excluding hydrogens is 482 g/mol. The standard InChI is InChI=1S/C32H56F2N2O2/c1-3-5-7-9-11-13-15-17-19-21-23-30(34)32(38)36-28-25-24-27(26-28)35-31(37)29(33)22-20-18-16-14-12-10-8-6-4-2/h22-23,27-28H,3-21,24-26H2,1-2H3,(H,35,37)(H,36,38). The van der Waals surface area contributed by atoms with Crippen molar-refractivity contribution in [2.45, 2.75) is 167 Å². The van der Waals surface area contributed by atoms with Gasteiger partial charge in [-0.25, -0.2) is 8.78 Å². The Bertz CT molecular complexity index is 693. The molecule has 38 heavy (non-hydrogen) atoms. The molecule has 6 heteroatoms. The lowest BCUT2D eigenvalue weighted by Gasteiger charge is -2.14. The average Bonchev–Trinajstić information content (AvgIpc) is 3.34. The lowest BCUT2D eigenvalue weighted by Crippen LogP contribution is -2.37. The summed E-state index contributed by atoms with van der Waals surface area (Å²) < 4.78 is 28.4. The van der Waals surface area contributed by atoms with E-state index in [9.17, 15) is 18.4 Å². The van der Waals surface area contributed by atoms with Gasteiger partial charge in [0.15, 0.2) is 11.7 Å². The van der Waals surface area contributed by atoms with E-state index in [1.807, 2.05) is 0 Å². The number of unbranched alkanes of at least 4 members (excludes halogenated alkanes) is 17. The third-order valence-corrected chi connectivity index (χ3v) is 7.55. The number of halogens is 2. The van der Waals surface area contributed by atoms with Crippen molar-refractivity contribution in [2.75, 3.05) is 0 Å². The fourth-order valence-corrected chi connectivity index (χ4v) is 5.13. The van der Waals surface area contributed by atoms with Gasteiger partial charge in [-0.3, -0.25) is 9.59 Å². The molecule has 1 aliphatic carbocycles. The van der Waals surface area contributed by atoms with Crippen LogP contribution in [0.15, 0.2) is 23.8 Å². The summed E-state index contributed by atoms with van der Waals surface area (Å²) >= 11 is 0. The Hall–Kier alpha value is -1.72. The van der Waals surface area contributed by atoms with Gasteiger partial charge in [0, 0.05) is 12.1 Å². The molecule has 1 rings (SSSR count). The van der Waals surface area contributed by atoms with Crippen LogP contribution in [0.2, 0.25) is 0 Å². The van der Waals surface area contributed by atoms with Gasteiger partial charge in [0.2, 0.25) is 0 Å². The molecule has 4 nitrogen and oxygen atoms in total. The maximum Gasteiger partial charge on any atom is 0.279 e. The summed E-state index contributed by atoms with van der Waals surface area (Å²) in [4.78, 5) is 24.3. The minimum absolute atomic E-state index is 0.205. The van der Waals surface area contributed by atoms with Crippen molar-refractivity contribution < 1.29 is 18.4 Å². The van der Waals surface area contributed by atoms with Crippen LogP contribution in [0.25, 0.3) is 0 Å². The van der Waals surface area contributed by atoms with Gasteiger partial charge in [0.1, 0.15) is 0 Å². The van der Waals surface area contributed by atoms with Crippen LogP contribution in [-0.4, -0.2) is 23.9 Å². The van der Waals surface area contributed by atoms with Crippen molar-refractivity contribution in [3.05, 3.63) is 23.8 Å². The van der Waals surface area contributed by atoms with Gasteiger partial charge in [0.25, 0.3) is 11.8 Å². The first-order valence-corrected chi connectivity index (χ1v) is 15.8. The Labute approximate surface area is 231 Å². The lowest BCUT2D eigenvalue weighted by molar-refractivity contribution is -0.119. The van der Waals surface area contributed by atoms with E-state index in [2.05, 4.69) is 24.5 Å². The predicted octanol–water partition coefficient (Wildman–Crippen LogP) is 9.30. The van der Waals surface area contributed by atoms with Crippen molar-refractivity contribution in [1.82, 2.24) is 10.6 Å². The molecule has 2 unspecified atom stereocenters. The van der Waals surface area contributed by atoms with E-state index < -0.39 is 23.5 Å². The van der Waals surface area contributed by atoms with Crippen LogP contribution >= 0.6 is 0 Å². The second-order valence-electron chi connectivity index (χ2n) is 11.1. The molecule has 1 aliphatic rings. The Morgan fingerprint density at radius 3 is 1.24 bits per heavy atom. The molecule has 0 aliphatic heterocycles. The molecule has 2 N–H and O–H groups in total. The van der Waals surface area contributed by atoms with Crippen LogP contribution in [0.5, 0.6) is 0 Å². The maximum absolute atomic E-state index is 14.2. The van der Waals surface area contributed by atoms with Crippen LogP contribution < -0.4 is 10.6 Å². The third kappa shape index (κ3) is 17.7. The van der Waals surface area contributed by atoms with Gasteiger partial charge >= 0.3 is 0 Å². The summed E-state index contributed by atoms with van der Waals surface area (Å²) in [6.45, 7) is 4.43. The molecule has 2 amide bonds. The summed E-state index contributed by atoms with van der Waals surface area (Å²) in [6, 6.07) is -0.409. The zero-order chi connectivity index (χ0) is 27.8. The monoisotopic (exact) mass is 538 g/mol. The first-order valence-electron chi connectivity index (χ1n) is 15.8. The highest BCUT2D eigenvalue weighted by Gasteiger charge is 2.28. The number of allylic oxidation sites excluding steroid dienone is 2. The largest absolute Gasteiger partial charge is 0.347 e. The fraction of sp³-hybridized carbons (Fsp3) is 0.812. The summed E-state index contributed by atoms with van der Waals surface area (Å²) in [6.07, 6.45) is 26.0. The number of hydrogen-bond acceptors (Lipinski definition) is 2. The fourth-order valence-electron chi connectivity index (χ4n) is 5.13. The smallest absolute Gasteiger partial charge is 0.279 e. The number of nitrogens with one attached hydrogen (secondary N) is 2. The van der Waals surface area contributed by atoms with Gasteiger partial charge in [-0.05, 0) is 57.1 Å². The number of amides is 2. The van der Waals surface area contributed by atoms with Gasteiger partial charge in [-0.2, -0.15) is 0 Å². The average molecular weight is 539 g/mol. The van der Waals surface area contributed by atoms with E-state index in [-0.39, 0.29) is 12.1 Å². The van der Waals surface area contributed by atoms with Gasteiger partial charge in [-0.1, -0.05) is 110 Å². The molecule has 0 spiro atoms.